The predicted molar refractivity (Wildman–Crippen MR) is 111 cm³/mol. The number of amides is 1. The van der Waals surface area contributed by atoms with Crippen LogP contribution in [0.1, 0.15) is 40.3 Å². The standard InChI is InChI=1S/C21H25N3O3S/c1-13(2)10-22-19(25)12-27-21(26)18-9-17-15(4)23-24(20(17)28-18)11-16-7-5-14(3)6-8-16/h5-9,13H,10-12H2,1-4H3,(H,22,25). The van der Waals surface area contributed by atoms with E-state index in [0.717, 1.165) is 21.5 Å². The molecule has 28 heavy (non-hydrogen) atoms. The van der Waals surface area contributed by atoms with Crippen LogP contribution in [0.25, 0.3) is 10.2 Å². The Balaban J connectivity index is 1.70. The van der Waals surface area contributed by atoms with Crippen LogP contribution in [-0.4, -0.2) is 34.8 Å². The summed E-state index contributed by atoms with van der Waals surface area (Å²) in [6.45, 7) is 8.92. The van der Waals surface area contributed by atoms with Crippen molar-refractivity contribution in [3.8, 4) is 0 Å². The van der Waals surface area contributed by atoms with E-state index in [0.29, 0.717) is 23.9 Å². The quantitative estimate of drug-likeness (QED) is 0.615. The number of thiophene rings is 1. The van der Waals surface area contributed by atoms with E-state index in [9.17, 15) is 9.59 Å². The Morgan fingerprint density at radius 2 is 1.93 bits per heavy atom. The highest BCUT2D eigenvalue weighted by Crippen LogP contribution is 2.29. The highest BCUT2D eigenvalue weighted by Gasteiger charge is 2.18. The van der Waals surface area contributed by atoms with Crippen LogP contribution >= 0.6 is 11.3 Å². The molecule has 1 aromatic carbocycles. The van der Waals surface area contributed by atoms with Gasteiger partial charge in [-0.1, -0.05) is 43.7 Å². The number of carbonyl (C=O) groups is 2. The minimum atomic E-state index is -0.484. The average molecular weight is 400 g/mol. The fourth-order valence-electron chi connectivity index (χ4n) is 2.76. The number of esters is 1. The summed E-state index contributed by atoms with van der Waals surface area (Å²) in [5, 5.41) is 8.27. The van der Waals surface area contributed by atoms with Crippen LogP contribution in [0.15, 0.2) is 30.3 Å². The zero-order chi connectivity index (χ0) is 20.3. The number of aryl methyl sites for hydroxylation is 2. The fourth-order valence-corrected chi connectivity index (χ4v) is 3.81. The molecule has 0 aliphatic rings. The molecule has 0 fully saturated rings. The number of hydrogen-bond acceptors (Lipinski definition) is 5. The zero-order valence-corrected chi connectivity index (χ0v) is 17.4. The Morgan fingerprint density at radius 3 is 2.61 bits per heavy atom. The van der Waals surface area contributed by atoms with Crippen molar-refractivity contribution < 1.29 is 14.3 Å². The SMILES string of the molecule is Cc1ccc(Cn2nc(C)c3cc(C(=O)OCC(=O)NCC(C)C)sc32)cc1. The van der Waals surface area contributed by atoms with Crippen LogP contribution in [0.4, 0.5) is 0 Å². The fraction of sp³-hybridized carbons (Fsp3) is 0.381. The maximum absolute atomic E-state index is 12.4. The van der Waals surface area contributed by atoms with Gasteiger partial charge in [0, 0.05) is 11.9 Å². The van der Waals surface area contributed by atoms with Crippen molar-refractivity contribution in [1.29, 1.82) is 0 Å². The Kier molecular flexibility index (Phi) is 6.14. The van der Waals surface area contributed by atoms with Crippen LogP contribution in [-0.2, 0) is 16.1 Å². The zero-order valence-electron chi connectivity index (χ0n) is 16.6. The van der Waals surface area contributed by atoms with E-state index in [2.05, 4.69) is 41.6 Å². The molecule has 6 nitrogen and oxygen atoms in total. The lowest BCUT2D eigenvalue weighted by Crippen LogP contribution is -2.31. The number of fused-ring (bicyclic) bond motifs is 1. The van der Waals surface area contributed by atoms with Gasteiger partial charge in [-0.2, -0.15) is 5.10 Å². The molecule has 0 bridgehead atoms. The van der Waals surface area contributed by atoms with E-state index in [1.807, 2.05) is 25.5 Å². The van der Waals surface area contributed by atoms with E-state index < -0.39 is 5.97 Å². The summed E-state index contributed by atoms with van der Waals surface area (Å²) in [6, 6.07) is 10.1. The minimum Gasteiger partial charge on any atom is -0.451 e. The van der Waals surface area contributed by atoms with Gasteiger partial charge in [-0.05, 0) is 31.4 Å². The summed E-state index contributed by atoms with van der Waals surface area (Å²) in [6.07, 6.45) is 0. The highest BCUT2D eigenvalue weighted by atomic mass is 32.1. The topological polar surface area (TPSA) is 73.2 Å². The highest BCUT2D eigenvalue weighted by molar-refractivity contribution is 7.20. The number of rotatable bonds is 7. The first kappa shape index (κ1) is 20.1. The average Bonchev–Trinajstić information content (AvgIpc) is 3.21. The molecule has 0 unspecified atom stereocenters. The Hall–Kier alpha value is -2.67. The predicted octanol–water partition coefficient (Wildman–Crippen LogP) is 3.69. The molecule has 0 saturated heterocycles. The van der Waals surface area contributed by atoms with Crippen molar-refractivity contribution in [3.05, 3.63) is 52.0 Å². The van der Waals surface area contributed by atoms with Gasteiger partial charge in [-0.25, -0.2) is 4.79 Å². The smallest absolute Gasteiger partial charge is 0.348 e. The summed E-state index contributed by atoms with van der Waals surface area (Å²) in [4.78, 5) is 25.5. The van der Waals surface area contributed by atoms with Crippen molar-refractivity contribution in [2.45, 2.75) is 34.2 Å². The lowest BCUT2D eigenvalue weighted by molar-refractivity contribution is -0.124. The number of benzene rings is 1. The van der Waals surface area contributed by atoms with Gasteiger partial charge in [0.15, 0.2) is 6.61 Å². The molecule has 1 amide bonds. The van der Waals surface area contributed by atoms with E-state index in [-0.39, 0.29) is 12.5 Å². The van der Waals surface area contributed by atoms with Crippen LogP contribution in [0.3, 0.4) is 0 Å². The third-order valence-corrected chi connectivity index (χ3v) is 5.43. The number of nitrogens with one attached hydrogen (secondary N) is 1. The number of carbonyl (C=O) groups excluding carboxylic acids is 2. The van der Waals surface area contributed by atoms with Crippen molar-refractivity contribution in [1.82, 2.24) is 15.1 Å². The third kappa shape index (κ3) is 4.78. The first-order valence-corrected chi connectivity index (χ1v) is 10.1. The van der Waals surface area contributed by atoms with Gasteiger partial charge in [-0.15, -0.1) is 11.3 Å². The molecule has 0 aliphatic carbocycles. The second kappa shape index (κ2) is 8.56. The Morgan fingerprint density at radius 1 is 1.21 bits per heavy atom. The molecule has 0 aliphatic heterocycles. The van der Waals surface area contributed by atoms with E-state index in [1.165, 1.54) is 16.9 Å². The summed E-state index contributed by atoms with van der Waals surface area (Å²) in [7, 11) is 0. The van der Waals surface area contributed by atoms with Crippen molar-refractivity contribution in [2.24, 2.45) is 5.92 Å². The summed E-state index contributed by atoms with van der Waals surface area (Å²) in [5.74, 6) is -0.422. The van der Waals surface area contributed by atoms with Gasteiger partial charge in [0.05, 0.1) is 12.2 Å². The van der Waals surface area contributed by atoms with Gasteiger partial charge in [0.2, 0.25) is 0 Å². The first-order valence-electron chi connectivity index (χ1n) is 9.30. The van der Waals surface area contributed by atoms with Crippen molar-refractivity contribution >= 4 is 33.4 Å². The summed E-state index contributed by atoms with van der Waals surface area (Å²) in [5.41, 5.74) is 3.23. The lowest BCUT2D eigenvalue weighted by Gasteiger charge is -2.07. The largest absolute Gasteiger partial charge is 0.451 e. The molecule has 0 radical (unpaired) electrons. The molecule has 0 atom stereocenters. The normalized spacial score (nSPS) is 11.2. The molecule has 148 valence electrons. The maximum Gasteiger partial charge on any atom is 0.348 e. The van der Waals surface area contributed by atoms with Gasteiger partial charge in [0.1, 0.15) is 9.71 Å². The number of nitrogens with zero attached hydrogens (tertiary/aromatic N) is 2. The molecule has 3 aromatic rings. The molecule has 0 saturated carbocycles. The molecule has 7 heteroatoms. The van der Waals surface area contributed by atoms with Crippen molar-refractivity contribution in [3.63, 3.8) is 0 Å². The third-order valence-electron chi connectivity index (χ3n) is 4.30. The number of hydrogen-bond donors (Lipinski definition) is 1. The molecule has 0 spiro atoms. The van der Waals surface area contributed by atoms with E-state index in [4.69, 9.17) is 4.74 Å². The van der Waals surface area contributed by atoms with Gasteiger partial charge in [-0.3, -0.25) is 9.48 Å². The number of ether oxygens (including phenoxy) is 1. The van der Waals surface area contributed by atoms with Gasteiger partial charge in [0.25, 0.3) is 5.91 Å². The van der Waals surface area contributed by atoms with Crippen LogP contribution in [0, 0.1) is 19.8 Å². The monoisotopic (exact) mass is 399 g/mol. The van der Waals surface area contributed by atoms with Crippen LogP contribution in [0.5, 0.6) is 0 Å². The molecule has 2 heterocycles. The van der Waals surface area contributed by atoms with Gasteiger partial charge < -0.3 is 10.1 Å². The molecular formula is C21H25N3O3S. The summed E-state index contributed by atoms with van der Waals surface area (Å²) < 4.78 is 7.07. The lowest BCUT2D eigenvalue weighted by atomic mass is 10.1. The molecule has 1 N–H and O–H groups in total. The second-order valence-corrected chi connectivity index (χ2v) is 8.36. The number of aromatic nitrogens is 2. The minimum absolute atomic E-state index is 0.270. The van der Waals surface area contributed by atoms with E-state index >= 15 is 0 Å². The van der Waals surface area contributed by atoms with Crippen LogP contribution in [0.2, 0.25) is 0 Å². The van der Waals surface area contributed by atoms with Gasteiger partial charge >= 0.3 is 5.97 Å². The molecular weight excluding hydrogens is 374 g/mol. The molecule has 3 rings (SSSR count). The Labute approximate surface area is 168 Å². The summed E-state index contributed by atoms with van der Waals surface area (Å²) >= 11 is 1.34. The van der Waals surface area contributed by atoms with E-state index in [1.54, 1.807) is 6.07 Å². The first-order chi connectivity index (χ1) is 13.3. The maximum atomic E-state index is 12.4. The van der Waals surface area contributed by atoms with Crippen molar-refractivity contribution in [2.75, 3.05) is 13.2 Å². The van der Waals surface area contributed by atoms with Crippen LogP contribution < -0.4 is 5.32 Å². The second-order valence-electron chi connectivity index (χ2n) is 7.33. The Bertz CT molecular complexity index is 986. The molecule has 2 aromatic heterocycles.